The minimum Gasteiger partial charge on any atom is -0.394 e. The Morgan fingerprint density at radius 2 is 1.91 bits per heavy atom. The number of hydrogen-bond donors (Lipinski definition) is 3. The minimum atomic E-state index is -0.449. The zero-order valence-electron chi connectivity index (χ0n) is 12.2. The van der Waals surface area contributed by atoms with Gasteiger partial charge in [0.2, 0.25) is 0 Å². The van der Waals surface area contributed by atoms with Crippen molar-refractivity contribution in [1.82, 2.24) is 10.3 Å². The smallest absolute Gasteiger partial charge is 0.319 e. The first-order chi connectivity index (χ1) is 10.7. The Balaban J connectivity index is 1.77. The van der Waals surface area contributed by atoms with Crippen LogP contribution in [0, 0.1) is 0 Å². The van der Waals surface area contributed by atoms with Gasteiger partial charge in [-0.2, -0.15) is 0 Å². The number of aliphatic hydroxyl groups excluding tert-OH is 1. The Kier molecular flexibility index (Phi) is 4.06. The fourth-order valence-electron chi connectivity index (χ4n) is 2.70. The van der Waals surface area contributed by atoms with Crippen molar-refractivity contribution in [1.29, 1.82) is 0 Å². The molecule has 3 N–H and O–H groups in total. The van der Waals surface area contributed by atoms with E-state index in [1.54, 1.807) is 12.4 Å². The van der Waals surface area contributed by atoms with Gasteiger partial charge < -0.3 is 15.7 Å². The van der Waals surface area contributed by atoms with Crippen LogP contribution in [0.25, 0.3) is 11.1 Å². The maximum Gasteiger partial charge on any atom is 0.319 e. The monoisotopic (exact) mass is 297 g/mol. The number of anilines is 1. The number of nitrogens with zero attached hydrogens (tertiary/aromatic N) is 1. The molecule has 0 bridgehead atoms. The fourth-order valence-corrected chi connectivity index (χ4v) is 2.70. The standard InChI is InChI=1S/C17H19N3O2/c21-12-17(8-3-9-17)20-16(22)19-15-5-2-1-4-14(15)13-6-10-18-11-7-13/h1-2,4-7,10-11,21H,3,8-9,12H2,(H2,19,20,22). The summed E-state index contributed by atoms with van der Waals surface area (Å²) in [5, 5.41) is 15.2. The summed E-state index contributed by atoms with van der Waals surface area (Å²) in [7, 11) is 0. The number of benzene rings is 1. The molecule has 0 atom stereocenters. The van der Waals surface area contributed by atoms with Gasteiger partial charge in [-0.15, -0.1) is 0 Å². The number of nitrogens with one attached hydrogen (secondary N) is 2. The largest absolute Gasteiger partial charge is 0.394 e. The lowest BCUT2D eigenvalue weighted by molar-refractivity contribution is 0.0984. The number of amides is 2. The highest BCUT2D eigenvalue weighted by molar-refractivity contribution is 5.94. The van der Waals surface area contributed by atoms with Gasteiger partial charge in [-0.1, -0.05) is 18.2 Å². The maximum absolute atomic E-state index is 12.2. The quantitative estimate of drug-likeness (QED) is 0.812. The van der Waals surface area contributed by atoms with E-state index in [-0.39, 0.29) is 12.6 Å². The highest BCUT2D eigenvalue weighted by Gasteiger charge is 2.37. The van der Waals surface area contributed by atoms with E-state index in [0.717, 1.165) is 36.1 Å². The minimum absolute atomic E-state index is 0.0214. The van der Waals surface area contributed by atoms with Gasteiger partial charge in [-0.25, -0.2) is 4.79 Å². The molecular weight excluding hydrogens is 278 g/mol. The second-order valence-electron chi connectivity index (χ2n) is 5.65. The first-order valence-corrected chi connectivity index (χ1v) is 7.42. The van der Waals surface area contributed by atoms with Gasteiger partial charge in [-0.3, -0.25) is 4.98 Å². The summed E-state index contributed by atoms with van der Waals surface area (Å²) in [6.07, 6.45) is 6.13. The first kappa shape index (κ1) is 14.5. The van der Waals surface area contributed by atoms with Crippen molar-refractivity contribution in [2.75, 3.05) is 11.9 Å². The predicted molar refractivity (Wildman–Crippen MR) is 85.5 cm³/mol. The predicted octanol–water partition coefficient (Wildman–Crippen LogP) is 2.79. The first-order valence-electron chi connectivity index (χ1n) is 7.42. The lowest BCUT2D eigenvalue weighted by Gasteiger charge is -2.40. The van der Waals surface area contributed by atoms with Gasteiger partial charge in [0, 0.05) is 18.0 Å². The van der Waals surface area contributed by atoms with Gasteiger partial charge >= 0.3 is 6.03 Å². The molecular formula is C17H19N3O2. The molecule has 5 heteroatoms. The third kappa shape index (κ3) is 2.94. The van der Waals surface area contributed by atoms with E-state index in [2.05, 4.69) is 15.6 Å². The molecule has 0 spiro atoms. The van der Waals surface area contributed by atoms with Crippen LogP contribution in [0.4, 0.5) is 10.5 Å². The Morgan fingerprint density at radius 3 is 2.55 bits per heavy atom. The molecule has 1 aromatic carbocycles. The summed E-state index contributed by atoms with van der Waals surface area (Å²) in [6, 6.07) is 11.2. The summed E-state index contributed by atoms with van der Waals surface area (Å²) in [4.78, 5) is 16.2. The molecule has 114 valence electrons. The zero-order chi connectivity index (χ0) is 15.4. The molecule has 1 aliphatic rings. The van der Waals surface area contributed by atoms with E-state index >= 15 is 0 Å². The second-order valence-corrected chi connectivity index (χ2v) is 5.65. The summed E-state index contributed by atoms with van der Waals surface area (Å²) >= 11 is 0. The molecule has 2 amide bonds. The average Bonchev–Trinajstić information content (AvgIpc) is 2.52. The molecule has 1 saturated carbocycles. The van der Waals surface area contributed by atoms with Gasteiger partial charge in [-0.05, 0) is 43.0 Å². The van der Waals surface area contributed by atoms with Crippen LogP contribution in [0.15, 0.2) is 48.8 Å². The van der Waals surface area contributed by atoms with Crippen LogP contribution in [-0.4, -0.2) is 28.3 Å². The number of carbonyl (C=O) groups excluding carboxylic acids is 1. The Morgan fingerprint density at radius 1 is 1.18 bits per heavy atom. The molecule has 0 aliphatic heterocycles. The van der Waals surface area contributed by atoms with Crippen LogP contribution in [-0.2, 0) is 0 Å². The topological polar surface area (TPSA) is 74.2 Å². The average molecular weight is 297 g/mol. The molecule has 1 aliphatic carbocycles. The van der Waals surface area contributed by atoms with E-state index in [1.807, 2.05) is 36.4 Å². The number of carbonyl (C=O) groups is 1. The van der Waals surface area contributed by atoms with Crippen LogP contribution < -0.4 is 10.6 Å². The van der Waals surface area contributed by atoms with Crippen molar-refractivity contribution in [2.24, 2.45) is 0 Å². The van der Waals surface area contributed by atoms with Crippen molar-refractivity contribution in [3.05, 3.63) is 48.8 Å². The van der Waals surface area contributed by atoms with Crippen molar-refractivity contribution in [3.8, 4) is 11.1 Å². The Bertz CT molecular complexity index is 648. The number of aromatic nitrogens is 1. The number of hydrogen-bond acceptors (Lipinski definition) is 3. The maximum atomic E-state index is 12.2. The number of para-hydroxylation sites is 1. The number of aliphatic hydroxyl groups is 1. The molecule has 2 aromatic rings. The number of rotatable bonds is 4. The zero-order valence-corrected chi connectivity index (χ0v) is 12.2. The molecule has 0 unspecified atom stereocenters. The molecule has 1 heterocycles. The summed E-state index contributed by atoms with van der Waals surface area (Å²) in [5.41, 5.74) is 2.21. The van der Waals surface area contributed by atoms with Gasteiger partial charge in [0.1, 0.15) is 0 Å². The summed E-state index contributed by atoms with van der Waals surface area (Å²) < 4.78 is 0. The molecule has 22 heavy (non-hydrogen) atoms. The van der Waals surface area contributed by atoms with Crippen LogP contribution in [0.3, 0.4) is 0 Å². The SMILES string of the molecule is O=C(Nc1ccccc1-c1ccncc1)NC1(CO)CCC1. The fraction of sp³-hybridized carbons (Fsp3) is 0.294. The molecule has 0 saturated heterocycles. The Labute approximate surface area is 129 Å². The summed E-state index contributed by atoms with van der Waals surface area (Å²) in [5.74, 6) is 0. The number of pyridine rings is 1. The van der Waals surface area contributed by atoms with Gasteiger partial charge in [0.05, 0.1) is 17.8 Å². The van der Waals surface area contributed by atoms with Crippen molar-refractivity contribution < 1.29 is 9.90 Å². The van der Waals surface area contributed by atoms with Crippen LogP contribution >= 0.6 is 0 Å². The van der Waals surface area contributed by atoms with E-state index in [4.69, 9.17) is 0 Å². The van der Waals surface area contributed by atoms with E-state index in [9.17, 15) is 9.90 Å². The van der Waals surface area contributed by atoms with E-state index in [0.29, 0.717) is 0 Å². The lowest BCUT2D eigenvalue weighted by atomic mass is 9.77. The molecule has 1 aromatic heterocycles. The molecule has 0 radical (unpaired) electrons. The molecule has 1 fully saturated rings. The van der Waals surface area contributed by atoms with Crippen LogP contribution in [0.5, 0.6) is 0 Å². The normalized spacial score (nSPS) is 15.7. The van der Waals surface area contributed by atoms with Crippen molar-refractivity contribution in [3.63, 3.8) is 0 Å². The third-order valence-electron chi connectivity index (χ3n) is 4.16. The van der Waals surface area contributed by atoms with Crippen molar-refractivity contribution >= 4 is 11.7 Å². The van der Waals surface area contributed by atoms with Gasteiger partial charge in [0.15, 0.2) is 0 Å². The molecule has 5 nitrogen and oxygen atoms in total. The highest BCUT2D eigenvalue weighted by Crippen LogP contribution is 2.32. The highest BCUT2D eigenvalue weighted by atomic mass is 16.3. The van der Waals surface area contributed by atoms with Gasteiger partial charge in [0.25, 0.3) is 0 Å². The van der Waals surface area contributed by atoms with Crippen molar-refractivity contribution in [2.45, 2.75) is 24.8 Å². The number of urea groups is 1. The van der Waals surface area contributed by atoms with Crippen LogP contribution in [0.1, 0.15) is 19.3 Å². The van der Waals surface area contributed by atoms with E-state index < -0.39 is 5.54 Å². The van der Waals surface area contributed by atoms with Crippen LogP contribution in [0.2, 0.25) is 0 Å². The Hall–Kier alpha value is -2.40. The lowest BCUT2D eigenvalue weighted by Crippen LogP contribution is -2.57. The molecule has 3 rings (SSSR count). The second kappa shape index (κ2) is 6.15. The van der Waals surface area contributed by atoms with E-state index in [1.165, 1.54) is 0 Å². The summed E-state index contributed by atoms with van der Waals surface area (Å²) in [6.45, 7) is -0.0214. The third-order valence-corrected chi connectivity index (χ3v) is 4.16.